The molecule has 0 atom stereocenters. The van der Waals surface area contributed by atoms with Gasteiger partial charge in [-0.3, -0.25) is 14.4 Å². The fourth-order valence-electron chi connectivity index (χ4n) is 3.64. The Morgan fingerprint density at radius 2 is 1.59 bits per heavy atom. The summed E-state index contributed by atoms with van der Waals surface area (Å²) in [7, 11) is 1.70. The predicted molar refractivity (Wildman–Crippen MR) is 121 cm³/mol. The molecule has 0 aromatic heterocycles. The van der Waals surface area contributed by atoms with E-state index in [1.807, 2.05) is 30.3 Å². The van der Waals surface area contributed by atoms with Crippen LogP contribution >= 0.6 is 0 Å². The zero-order valence-electron chi connectivity index (χ0n) is 17.5. The number of benzene rings is 3. The first-order valence-electron chi connectivity index (χ1n) is 9.92. The summed E-state index contributed by atoms with van der Waals surface area (Å²) in [6.45, 7) is 1.40. The summed E-state index contributed by atoms with van der Waals surface area (Å²) in [5.74, 6) is -1.86. The van der Waals surface area contributed by atoms with E-state index in [0.717, 1.165) is 16.7 Å². The lowest BCUT2D eigenvalue weighted by atomic mass is 10.0. The molecular formula is C25H20FN3O3. The summed E-state index contributed by atoms with van der Waals surface area (Å²) >= 11 is 0. The summed E-state index contributed by atoms with van der Waals surface area (Å²) in [6, 6.07) is 21.2. The Kier molecular flexibility index (Phi) is 5.55. The molecular weight excluding hydrogens is 409 g/mol. The smallest absolute Gasteiger partial charge is 0.282 e. The summed E-state index contributed by atoms with van der Waals surface area (Å²) < 4.78 is 13.9. The molecule has 1 aliphatic rings. The molecule has 0 bridgehead atoms. The number of hydrogen-bond acceptors (Lipinski definition) is 4. The van der Waals surface area contributed by atoms with Gasteiger partial charge >= 0.3 is 0 Å². The third kappa shape index (κ3) is 3.88. The van der Waals surface area contributed by atoms with Gasteiger partial charge in [-0.05, 0) is 48.0 Å². The molecule has 0 aliphatic carbocycles. The highest BCUT2D eigenvalue weighted by atomic mass is 19.1. The molecule has 0 saturated carbocycles. The van der Waals surface area contributed by atoms with Crippen LogP contribution in [0.2, 0.25) is 0 Å². The minimum Gasteiger partial charge on any atom is -0.339 e. The van der Waals surface area contributed by atoms with Gasteiger partial charge in [0, 0.05) is 25.3 Å². The first-order valence-corrected chi connectivity index (χ1v) is 9.92. The zero-order chi connectivity index (χ0) is 22.8. The first kappa shape index (κ1) is 21.0. The average molecular weight is 429 g/mol. The second-order valence-corrected chi connectivity index (χ2v) is 7.30. The van der Waals surface area contributed by atoms with E-state index in [2.05, 4.69) is 5.32 Å². The van der Waals surface area contributed by atoms with Crippen molar-refractivity contribution in [1.82, 2.24) is 0 Å². The molecule has 160 valence electrons. The van der Waals surface area contributed by atoms with Crippen LogP contribution < -0.4 is 15.1 Å². The number of hydrogen-bond donors (Lipinski definition) is 1. The van der Waals surface area contributed by atoms with E-state index in [9.17, 15) is 18.8 Å². The van der Waals surface area contributed by atoms with Gasteiger partial charge in [0.1, 0.15) is 11.5 Å². The van der Waals surface area contributed by atoms with Crippen molar-refractivity contribution >= 4 is 40.4 Å². The molecule has 3 aromatic rings. The number of carbonyl (C=O) groups excluding carboxylic acids is 3. The Bertz CT molecular complexity index is 1240. The molecule has 0 fully saturated rings. The van der Waals surface area contributed by atoms with Crippen molar-refractivity contribution in [2.45, 2.75) is 6.92 Å². The van der Waals surface area contributed by atoms with E-state index in [-0.39, 0.29) is 22.9 Å². The average Bonchev–Trinajstić information content (AvgIpc) is 3.04. The zero-order valence-corrected chi connectivity index (χ0v) is 17.5. The largest absolute Gasteiger partial charge is 0.339 e. The minimum atomic E-state index is -0.550. The van der Waals surface area contributed by atoms with Crippen LogP contribution in [0.1, 0.15) is 12.5 Å². The number of halogens is 1. The Morgan fingerprint density at radius 3 is 2.22 bits per heavy atom. The second kappa shape index (κ2) is 8.47. The Hall–Kier alpha value is -4.26. The SMILES string of the molecule is CC(=O)Nc1ccc(C2=C(N(C)c3ccccc3)C(=O)N(c3cccc(F)c3)C2=O)cc1. The van der Waals surface area contributed by atoms with Gasteiger partial charge in [0.15, 0.2) is 0 Å². The summed E-state index contributed by atoms with van der Waals surface area (Å²) in [4.78, 5) is 40.9. The van der Waals surface area contributed by atoms with Crippen LogP contribution in [0, 0.1) is 5.82 Å². The van der Waals surface area contributed by atoms with Crippen LogP contribution in [0.15, 0.2) is 84.6 Å². The van der Waals surface area contributed by atoms with Crippen molar-refractivity contribution in [2.24, 2.45) is 0 Å². The van der Waals surface area contributed by atoms with Gasteiger partial charge in [0.25, 0.3) is 11.8 Å². The second-order valence-electron chi connectivity index (χ2n) is 7.30. The number of rotatable bonds is 5. The Morgan fingerprint density at radius 1 is 0.906 bits per heavy atom. The van der Waals surface area contributed by atoms with Crippen molar-refractivity contribution in [3.8, 4) is 0 Å². The van der Waals surface area contributed by atoms with Crippen molar-refractivity contribution in [3.05, 3.63) is 95.9 Å². The molecule has 1 heterocycles. The maximum Gasteiger partial charge on any atom is 0.282 e. The highest BCUT2D eigenvalue weighted by molar-refractivity contribution is 6.46. The van der Waals surface area contributed by atoms with E-state index in [1.54, 1.807) is 36.2 Å². The van der Waals surface area contributed by atoms with Gasteiger partial charge in [-0.1, -0.05) is 36.4 Å². The maximum atomic E-state index is 13.9. The topological polar surface area (TPSA) is 69.7 Å². The predicted octanol–water partition coefficient (Wildman–Crippen LogP) is 4.21. The molecule has 0 saturated heterocycles. The summed E-state index contributed by atoms with van der Waals surface area (Å²) in [5.41, 5.74) is 2.33. The van der Waals surface area contributed by atoms with Crippen molar-refractivity contribution < 1.29 is 18.8 Å². The molecule has 0 radical (unpaired) electrons. The van der Waals surface area contributed by atoms with Gasteiger partial charge in [-0.2, -0.15) is 0 Å². The number of nitrogens with zero attached hydrogens (tertiary/aromatic N) is 2. The molecule has 1 N–H and O–H groups in total. The lowest BCUT2D eigenvalue weighted by Gasteiger charge is -2.21. The Labute approximate surface area is 184 Å². The van der Waals surface area contributed by atoms with E-state index in [0.29, 0.717) is 11.3 Å². The van der Waals surface area contributed by atoms with Crippen LogP contribution in [0.3, 0.4) is 0 Å². The first-order chi connectivity index (χ1) is 15.4. The van der Waals surface area contributed by atoms with E-state index in [1.165, 1.54) is 25.1 Å². The number of anilines is 3. The monoisotopic (exact) mass is 429 g/mol. The normalized spacial score (nSPS) is 13.5. The molecule has 4 rings (SSSR count). The molecule has 0 spiro atoms. The number of likely N-dealkylation sites (N-methyl/N-ethyl adjacent to an activating group) is 1. The third-order valence-electron chi connectivity index (χ3n) is 5.10. The van der Waals surface area contributed by atoms with Crippen molar-refractivity contribution in [2.75, 3.05) is 22.2 Å². The highest BCUT2D eigenvalue weighted by Crippen LogP contribution is 2.36. The molecule has 7 heteroatoms. The maximum absolute atomic E-state index is 13.9. The van der Waals surface area contributed by atoms with E-state index in [4.69, 9.17) is 0 Å². The van der Waals surface area contributed by atoms with Crippen LogP contribution in [-0.4, -0.2) is 24.8 Å². The van der Waals surface area contributed by atoms with Crippen molar-refractivity contribution in [3.63, 3.8) is 0 Å². The lowest BCUT2D eigenvalue weighted by Crippen LogP contribution is -2.34. The number of amides is 3. The molecule has 3 aromatic carbocycles. The third-order valence-corrected chi connectivity index (χ3v) is 5.10. The molecule has 6 nitrogen and oxygen atoms in total. The van der Waals surface area contributed by atoms with Crippen LogP contribution in [0.4, 0.5) is 21.5 Å². The van der Waals surface area contributed by atoms with Crippen LogP contribution in [-0.2, 0) is 14.4 Å². The van der Waals surface area contributed by atoms with Gasteiger partial charge < -0.3 is 10.2 Å². The number of imide groups is 1. The molecule has 0 unspecified atom stereocenters. The number of nitrogens with one attached hydrogen (secondary N) is 1. The van der Waals surface area contributed by atoms with Gasteiger partial charge in [-0.25, -0.2) is 9.29 Å². The van der Waals surface area contributed by atoms with Gasteiger partial charge in [0.2, 0.25) is 5.91 Å². The van der Waals surface area contributed by atoms with E-state index < -0.39 is 17.6 Å². The quantitative estimate of drug-likeness (QED) is 0.617. The molecule has 1 aliphatic heterocycles. The number of para-hydroxylation sites is 1. The Balaban J connectivity index is 1.84. The fraction of sp³-hybridized carbons (Fsp3) is 0.0800. The fourth-order valence-corrected chi connectivity index (χ4v) is 3.64. The minimum absolute atomic E-state index is 0.156. The van der Waals surface area contributed by atoms with Gasteiger partial charge in [0.05, 0.1) is 11.3 Å². The summed E-state index contributed by atoms with van der Waals surface area (Å²) in [5, 5.41) is 2.67. The van der Waals surface area contributed by atoms with Crippen LogP contribution in [0.5, 0.6) is 0 Å². The van der Waals surface area contributed by atoms with Crippen LogP contribution in [0.25, 0.3) is 5.57 Å². The standard InChI is InChI=1S/C25H20FN3O3/c1-16(30)27-19-13-11-17(12-14-19)22-23(28(2)20-8-4-3-5-9-20)25(32)29(24(22)31)21-10-6-7-18(26)15-21/h3-15H,1-2H3,(H,27,30). The molecule has 32 heavy (non-hydrogen) atoms. The molecule has 3 amide bonds. The lowest BCUT2D eigenvalue weighted by molar-refractivity contribution is -0.120. The summed E-state index contributed by atoms with van der Waals surface area (Å²) in [6.07, 6.45) is 0. The van der Waals surface area contributed by atoms with E-state index >= 15 is 0 Å². The van der Waals surface area contributed by atoms with Crippen molar-refractivity contribution in [1.29, 1.82) is 0 Å². The number of carbonyl (C=O) groups is 3. The van der Waals surface area contributed by atoms with Gasteiger partial charge in [-0.15, -0.1) is 0 Å². The highest BCUT2D eigenvalue weighted by Gasteiger charge is 2.42.